The predicted octanol–water partition coefficient (Wildman–Crippen LogP) is 2.29. The predicted molar refractivity (Wildman–Crippen MR) is 76.4 cm³/mol. The van der Waals surface area contributed by atoms with Crippen LogP contribution in [0.3, 0.4) is 0 Å². The average Bonchev–Trinajstić information content (AvgIpc) is 2.42. The Morgan fingerprint density at radius 3 is 2.63 bits per heavy atom. The highest BCUT2D eigenvalue weighted by molar-refractivity contribution is 5.39. The van der Waals surface area contributed by atoms with Crippen molar-refractivity contribution in [2.75, 3.05) is 13.2 Å². The molecule has 0 aromatic heterocycles. The molecule has 2 unspecified atom stereocenters. The Morgan fingerprint density at radius 1 is 1.32 bits per heavy atom. The third-order valence-electron chi connectivity index (χ3n) is 3.29. The van der Waals surface area contributed by atoms with E-state index in [1.54, 1.807) is 6.07 Å². The summed E-state index contributed by atoms with van der Waals surface area (Å²) in [5.74, 6) is 1.12. The Kier molecular flexibility index (Phi) is 6.67. The van der Waals surface area contributed by atoms with E-state index < -0.39 is 0 Å². The van der Waals surface area contributed by atoms with Crippen molar-refractivity contribution >= 4 is 0 Å². The van der Waals surface area contributed by atoms with E-state index in [4.69, 9.17) is 9.84 Å². The molecule has 0 radical (unpaired) electrons. The summed E-state index contributed by atoms with van der Waals surface area (Å²) in [6, 6.07) is 5.57. The van der Waals surface area contributed by atoms with Crippen LogP contribution < -0.4 is 10.1 Å². The maximum atomic E-state index is 9.93. The molecule has 2 atom stereocenters. The van der Waals surface area contributed by atoms with Crippen molar-refractivity contribution in [2.45, 2.75) is 39.8 Å². The molecule has 1 aromatic rings. The molecular weight excluding hydrogens is 242 g/mol. The topological polar surface area (TPSA) is 61.7 Å². The fourth-order valence-electron chi connectivity index (χ4n) is 1.63. The van der Waals surface area contributed by atoms with Crippen LogP contribution in [0.1, 0.15) is 32.8 Å². The van der Waals surface area contributed by atoms with E-state index in [9.17, 15) is 5.11 Å². The molecule has 0 fully saturated rings. The van der Waals surface area contributed by atoms with Gasteiger partial charge in [-0.2, -0.15) is 0 Å². The second kappa shape index (κ2) is 8.02. The lowest BCUT2D eigenvalue weighted by Gasteiger charge is -2.19. The molecular formula is C15H25NO3. The fraction of sp³-hybridized carbons (Fsp3) is 0.600. The van der Waals surface area contributed by atoms with E-state index in [-0.39, 0.29) is 24.3 Å². The third-order valence-corrected chi connectivity index (χ3v) is 3.29. The molecule has 0 spiro atoms. The van der Waals surface area contributed by atoms with Gasteiger partial charge in [-0.25, -0.2) is 0 Å². The summed E-state index contributed by atoms with van der Waals surface area (Å²) in [4.78, 5) is 0. The number of nitrogens with one attached hydrogen (secondary N) is 1. The van der Waals surface area contributed by atoms with Gasteiger partial charge in [-0.05, 0) is 25.3 Å². The number of hydrogen-bond donors (Lipinski definition) is 3. The number of aromatic hydroxyl groups is 1. The molecule has 0 heterocycles. The molecule has 0 aliphatic carbocycles. The minimum absolute atomic E-state index is 0.157. The summed E-state index contributed by atoms with van der Waals surface area (Å²) in [6.07, 6.45) is 0.945. The van der Waals surface area contributed by atoms with E-state index in [0.717, 1.165) is 12.0 Å². The summed E-state index contributed by atoms with van der Waals surface area (Å²) in [7, 11) is 0. The van der Waals surface area contributed by atoms with Crippen LogP contribution in [0.15, 0.2) is 18.2 Å². The molecule has 108 valence electrons. The largest absolute Gasteiger partial charge is 0.507 e. The summed E-state index contributed by atoms with van der Waals surface area (Å²) in [5, 5.41) is 22.3. The van der Waals surface area contributed by atoms with E-state index in [2.05, 4.69) is 5.32 Å². The van der Waals surface area contributed by atoms with Crippen LogP contribution in [-0.2, 0) is 6.54 Å². The highest BCUT2D eigenvalue weighted by Crippen LogP contribution is 2.23. The first-order valence-electron chi connectivity index (χ1n) is 6.87. The Hall–Kier alpha value is -1.26. The van der Waals surface area contributed by atoms with Crippen molar-refractivity contribution in [1.82, 2.24) is 5.32 Å². The van der Waals surface area contributed by atoms with E-state index in [0.29, 0.717) is 18.9 Å². The molecule has 0 bridgehead atoms. The Labute approximate surface area is 115 Å². The number of rotatable bonds is 8. The van der Waals surface area contributed by atoms with Gasteiger partial charge in [-0.3, -0.25) is 0 Å². The van der Waals surface area contributed by atoms with Gasteiger partial charge in [0, 0.05) is 30.8 Å². The van der Waals surface area contributed by atoms with Gasteiger partial charge < -0.3 is 20.3 Å². The van der Waals surface area contributed by atoms with E-state index in [1.165, 1.54) is 0 Å². The zero-order valence-corrected chi connectivity index (χ0v) is 12.0. The minimum atomic E-state index is 0.157. The highest BCUT2D eigenvalue weighted by atomic mass is 16.5. The quantitative estimate of drug-likeness (QED) is 0.676. The summed E-state index contributed by atoms with van der Waals surface area (Å²) in [6.45, 7) is 7.44. The molecule has 0 saturated carbocycles. The number of hydrogen-bond acceptors (Lipinski definition) is 4. The Morgan fingerprint density at radius 2 is 2.05 bits per heavy atom. The first-order chi connectivity index (χ1) is 9.08. The number of phenolic OH excluding ortho intramolecular Hbond substituents is 1. The van der Waals surface area contributed by atoms with Gasteiger partial charge in [-0.1, -0.05) is 19.9 Å². The fourth-order valence-corrected chi connectivity index (χ4v) is 1.63. The summed E-state index contributed by atoms with van der Waals surface area (Å²) < 4.78 is 5.46. The molecule has 0 saturated heterocycles. The SMILES string of the molecule is CCCOc1ccc(CNC(C)C(C)CO)c(O)c1. The zero-order chi connectivity index (χ0) is 14.3. The molecule has 19 heavy (non-hydrogen) atoms. The smallest absolute Gasteiger partial charge is 0.123 e. The van der Waals surface area contributed by atoms with E-state index >= 15 is 0 Å². The van der Waals surface area contributed by atoms with Crippen LogP contribution in [0.5, 0.6) is 11.5 Å². The van der Waals surface area contributed by atoms with Crippen LogP contribution >= 0.6 is 0 Å². The van der Waals surface area contributed by atoms with Gasteiger partial charge >= 0.3 is 0 Å². The molecule has 1 rings (SSSR count). The first kappa shape index (κ1) is 15.8. The van der Waals surface area contributed by atoms with Crippen LogP contribution in [0, 0.1) is 5.92 Å². The van der Waals surface area contributed by atoms with Crippen LogP contribution in [0.4, 0.5) is 0 Å². The number of aliphatic hydroxyl groups excluding tert-OH is 1. The lowest BCUT2D eigenvalue weighted by molar-refractivity contribution is 0.207. The van der Waals surface area contributed by atoms with Gasteiger partial charge in [0.05, 0.1) is 6.61 Å². The number of aliphatic hydroxyl groups is 1. The number of phenols is 1. The van der Waals surface area contributed by atoms with Gasteiger partial charge in [0.25, 0.3) is 0 Å². The molecule has 4 nitrogen and oxygen atoms in total. The number of benzene rings is 1. The average molecular weight is 267 g/mol. The van der Waals surface area contributed by atoms with Gasteiger partial charge in [0.1, 0.15) is 11.5 Å². The van der Waals surface area contributed by atoms with Crippen molar-refractivity contribution in [2.24, 2.45) is 5.92 Å². The molecule has 1 aromatic carbocycles. The second-order valence-corrected chi connectivity index (χ2v) is 4.97. The van der Waals surface area contributed by atoms with Crippen molar-refractivity contribution in [3.05, 3.63) is 23.8 Å². The van der Waals surface area contributed by atoms with Crippen molar-refractivity contribution in [3.63, 3.8) is 0 Å². The van der Waals surface area contributed by atoms with Crippen molar-refractivity contribution in [3.8, 4) is 11.5 Å². The summed E-state index contributed by atoms with van der Waals surface area (Å²) >= 11 is 0. The van der Waals surface area contributed by atoms with Crippen LogP contribution in [0.25, 0.3) is 0 Å². The molecule has 4 heteroatoms. The summed E-state index contributed by atoms with van der Waals surface area (Å²) in [5.41, 5.74) is 0.834. The van der Waals surface area contributed by atoms with Crippen LogP contribution in [0.2, 0.25) is 0 Å². The Balaban J connectivity index is 2.55. The standard InChI is InChI=1S/C15H25NO3/c1-4-7-19-14-6-5-13(15(18)8-14)9-16-12(3)11(2)10-17/h5-6,8,11-12,16-18H,4,7,9-10H2,1-3H3. The second-order valence-electron chi connectivity index (χ2n) is 4.97. The first-order valence-corrected chi connectivity index (χ1v) is 6.87. The molecule has 0 aliphatic heterocycles. The zero-order valence-electron chi connectivity index (χ0n) is 12.0. The molecule has 3 N–H and O–H groups in total. The van der Waals surface area contributed by atoms with Gasteiger partial charge in [0.2, 0.25) is 0 Å². The lowest BCUT2D eigenvalue weighted by atomic mass is 10.0. The maximum absolute atomic E-state index is 9.93. The van der Waals surface area contributed by atoms with Crippen molar-refractivity contribution in [1.29, 1.82) is 0 Å². The molecule has 0 amide bonds. The normalized spacial score (nSPS) is 14.1. The lowest BCUT2D eigenvalue weighted by Crippen LogP contribution is -2.33. The molecule has 0 aliphatic rings. The van der Waals surface area contributed by atoms with Crippen molar-refractivity contribution < 1.29 is 14.9 Å². The monoisotopic (exact) mass is 267 g/mol. The van der Waals surface area contributed by atoms with Crippen LogP contribution in [-0.4, -0.2) is 29.5 Å². The van der Waals surface area contributed by atoms with E-state index in [1.807, 2.05) is 32.9 Å². The Bertz CT molecular complexity index is 382. The van der Waals surface area contributed by atoms with Gasteiger partial charge in [-0.15, -0.1) is 0 Å². The number of ether oxygens (including phenoxy) is 1. The maximum Gasteiger partial charge on any atom is 0.123 e. The van der Waals surface area contributed by atoms with Gasteiger partial charge in [0.15, 0.2) is 0 Å². The highest BCUT2D eigenvalue weighted by Gasteiger charge is 2.11. The third kappa shape index (κ3) is 5.09. The minimum Gasteiger partial charge on any atom is -0.507 e.